The van der Waals surface area contributed by atoms with Gasteiger partial charge in [-0.15, -0.1) is 0 Å². The molecular formula is C15H15FSi. The summed E-state index contributed by atoms with van der Waals surface area (Å²) >= 11 is 0. The molecule has 86 valence electrons. The van der Waals surface area contributed by atoms with E-state index in [1.165, 1.54) is 27.1 Å². The minimum absolute atomic E-state index is 0.116. The minimum Gasteiger partial charge on any atom is -0.207 e. The molecule has 0 spiro atoms. The fourth-order valence-corrected chi connectivity index (χ4v) is 6.74. The Morgan fingerprint density at radius 2 is 1.76 bits per heavy atom. The van der Waals surface area contributed by atoms with Gasteiger partial charge in [0, 0.05) is 0 Å². The number of rotatable bonds is 0. The molecule has 0 fully saturated rings. The van der Waals surface area contributed by atoms with Crippen molar-refractivity contribution in [3.05, 3.63) is 47.8 Å². The average molecular weight is 242 g/mol. The van der Waals surface area contributed by atoms with Gasteiger partial charge in [-0.05, 0) is 40.6 Å². The Hall–Kier alpha value is -1.41. The molecule has 3 rings (SSSR count). The fraction of sp³-hybridized carbons (Fsp3) is 0.200. The van der Waals surface area contributed by atoms with Gasteiger partial charge in [0.25, 0.3) is 0 Å². The van der Waals surface area contributed by atoms with Crippen LogP contribution >= 0.6 is 0 Å². The summed E-state index contributed by atoms with van der Waals surface area (Å²) in [4.78, 5) is 0. The zero-order chi connectivity index (χ0) is 12.2. The topological polar surface area (TPSA) is 0 Å². The number of benzene rings is 2. The highest BCUT2D eigenvalue weighted by Crippen LogP contribution is 2.29. The van der Waals surface area contributed by atoms with Gasteiger partial charge in [-0.25, -0.2) is 4.39 Å². The SMILES string of the molecule is Cc1cccc2c1[Si](C)(C)c1cc(F)ccc1-2. The zero-order valence-electron chi connectivity index (χ0n) is 10.3. The fourth-order valence-electron chi connectivity index (χ4n) is 3.12. The monoisotopic (exact) mass is 242 g/mol. The van der Waals surface area contributed by atoms with Gasteiger partial charge in [0.05, 0.1) is 0 Å². The second-order valence-corrected chi connectivity index (χ2v) is 9.60. The van der Waals surface area contributed by atoms with Crippen LogP contribution in [-0.4, -0.2) is 8.07 Å². The summed E-state index contributed by atoms with van der Waals surface area (Å²) in [6, 6.07) is 11.7. The summed E-state index contributed by atoms with van der Waals surface area (Å²) in [5, 5.41) is 2.71. The molecule has 0 unspecified atom stereocenters. The summed E-state index contributed by atoms with van der Waals surface area (Å²) in [5.74, 6) is -0.116. The second kappa shape index (κ2) is 3.30. The summed E-state index contributed by atoms with van der Waals surface area (Å²) < 4.78 is 13.5. The molecular weight excluding hydrogens is 227 g/mol. The third kappa shape index (κ3) is 1.34. The van der Waals surface area contributed by atoms with E-state index in [0.717, 1.165) is 0 Å². The van der Waals surface area contributed by atoms with Crippen LogP contribution < -0.4 is 10.4 Å². The quantitative estimate of drug-likeness (QED) is 0.623. The van der Waals surface area contributed by atoms with Crippen molar-refractivity contribution in [2.75, 3.05) is 0 Å². The highest BCUT2D eigenvalue weighted by atomic mass is 28.3. The van der Waals surface area contributed by atoms with E-state index >= 15 is 0 Å². The largest absolute Gasteiger partial charge is 0.207 e. The molecule has 0 saturated carbocycles. The van der Waals surface area contributed by atoms with E-state index in [4.69, 9.17) is 0 Å². The molecule has 17 heavy (non-hydrogen) atoms. The van der Waals surface area contributed by atoms with Gasteiger partial charge in [0.1, 0.15) is 13.9 Å². The molecule has 1 heterocycles. The number of hydrogen-bond donors (Lipinski definition) is 0. The number of aryl methyl sites for hydroxylation is 1. The number of hydrogen-bond acceptors (Lipinski definition) is 0. The van der Waals surface area contributed by atoms with Crippen LogP contribution in [0.1, 0.15) is 5.56 Å². The van der Waals surface area contributed by atoms with Crippen LogP contribution in [0.15, 0.2) is 36.4 Å². The lowest BCUT2D eigenvalue weighted by atomic mass is 10.0. The van der Waals surface area contributed by atoms with E-state index in [2.05, 4.69) is 38.2 Å². The van der Waals surface area contributed by atoms with Crippen LogP contribution in [0.25, 0.3) is 11.1 Å². The lowest BCUT2D eigenvalue weighted by Crippen LogP contribution is -2.50. The van der Waals surface area contributed by atoms with Gasteiger partial charge < -0.3 is 0 Å². The molecule has 2 heteroatoms. The van der Waals surface area contributed by atoms with Gasteiger partial charge in [-0.2, -0.15) is 0 Å². The Labute approximate surface area is 102 Å². The molecule has 2 aromatic rings. The highest BCUT2D eigenvalue weighted by Gasteiger charge is 2.38. The smallest absolute Gasteiger partial charge is 0.123 e. The van der Waals surface area contributed by atoms with Gasteiger partial charge in [0.2, 0.25) is 0 Å². The van der Waals surface area contributed by atoms with Crippen molar-refractivity contribution in [3.8, 4) is 11.1 Å². The molecule has 1 aliphatic heterocycles. The Morgan fingerprint density at radius 1 is 1.00 bits per heavy atom. The number of fused-ring (bicyclic) bond motifs is 3. The standard InChI is InChI=1S/C15H15FSi/c1-10-5-4-6-13-12-8-7-11(16)9-14(12)17(2,3)15(10)13/h4-9H,1-3H3. The van der Waals surface area contributed by atoms with Gasteiger partial charge in [0.15, 0.2) is 0 Å². The Morgan fingerprint density at radius 3 is 2.53 bits per heavy atom. The maximum Gasteiger partial charge on any atom is 0.123 e. The summed E-state index contributed by atoms with van der Waals surface area (Å²) in [5.41, 5.74) is 3.90. The third-order valence-electron chi connectivity index (χ3n) is 3.84. The Bertz CT molecular complexity index is 614. The van der Waals surface area contributed by atoms with Crippen LogP contribution in [0.3, 0.4) is 0 Å². The van der Waals surface area contributed by atoms with Crippen molar-refractivity contribution < 1.29 is 4.39 Å². The van der Waals surface area contributed by atoms with E-state index in [9.17, 15) is 4.39 Å². The molecule has 2 aromatic carbocycles. The average Bonchev–Trinajstić information content (AvgIpc) is 2.49. The molecule has 0 aliphatic carbocycles. The first kappa shape index (κ1) is 10.7. The van der Waals surface area contributed by atoms with Crippen molar-refractivity contribution in [2.45, 2.75) is 20.0 Å². The molecule has 0 bridgehead atoms. The molecule has 1 aliphatic rings. The van der Waals surface area contributed by atoms with Crippen molar-refractivity contribution in [1.29, 1.82) is 0 Å². The van der Waals surface area contributed by atoms with E-state index in [1.807, 2.05) is 6.07 Å². The van der Waals surface area contributed by atoms with Crippen molar-refractivity contribution in [2.24, 2.45) is 0 Å². The highest BCUT2D eigenvalue weighted by molar-refractivity contribution is 7.04. The Balaban J connectivity index is 2.42. The van der Waals surface area contributed by atoms with Crippen molar-refractivity contribution in [1.82, 2.24) is 0 Å². The summed E-state index contributed by atoms with van der Waals surface area (Å²) in [7, 11) is -1.70. The predicted octanol–water partition coefficient (Wildman–Crippen LogP) is 2.94. The lowest BCUT2D eigenvalue weighted by molar-refractivity contribution is 0.629. The van der Waals surface area contributed by atoms with Crippen LogP contribution in [0.4, 0.5) is 4.39 Å². The third-order valence-corrected chi connectivity index (χ3v) is 7.52. The van der Waals surface area contributed by atoms with Crippen LogP contribution in [0, 0.1) is 12.7 Å². The first-order valence-electron chi connectivity index (χ1n) is 5.92. The minimum atomic E-state index is -1.70. The summed E-state index contributed by atoms with van der Waals surface area (Å²) in [6.07, 6.45) is 0. The van der Waals surface area contributed by atoms with Gasteiger partial charge in [-0.1, -0.05) is 42.9 Å². The number of halogens is 1. The molecule has 0 saturated heterocycles. The maximum atomic E-state index is 13.5. The zero-order valence-corrected chi connectivity index (χ0v) is 11.3. The van der Waals surface area contributed by atoms with Crippen molar-refractivity contribution in [3.63, 3.8) is 0 Å². The van der Waals surface area contributed by atoms with E-state index in [0.29, 0.717) is 0 Å². The van der Waals surface area contributed by atoms with E-state index < -0.39 is 8.07 Å². The first-order chi connectivity index (χ1) is 8.01. The predicted molar refractivity (Wildman–Crippen MR) is 73.3 cm³/mol. The lowest BCUT2D eigenvalue weighted by Gasteiger charge is -2.20. The normalized spacial score (nSPS) is 15.5. The first-order valence-corrected chi connectivity index (χ1v) is 8.92. The van der Waals surface area contributed by atoms with Crippen molar-refractivity contribution >= 4 is 18.4 Å². The second-order valence-electron chi connectivity index (χ2n) is 5.31. The summed E-state index contributed by atoms with van der Waals surface area (Å²) in [6.45, 7) is 6.78. The molecule has 0 nitrogen and oxygen atoms in total. The Kier molecular flexibility index (Phi) is 2.08. The van der Waals surface area contributed by atoms with Gasteiger partial charge >= 0.3 is 0 Å². The van der Waals surface area contributed by atoms with E-state index in [1.54, 1.807) is 12.1 Å². The van der Waals surface area contributed by atoms with Crippen LogP contribution in [0.2, 0.25) is 13.1 Å². The maximum absolute atomic E-state index is 13.5. The van der Waals surface area contributed by atoms with Gasteiger partial charge in [-0.3, -0.25) is 0 Å². The van der Waals surface area contributed by atoms with Crippen LogP contribution in [0.5, 0.6) is 0 Å². The molecule has 0 N–H and O–H groups in total. The molecule has 0 radical (unpaired) electrons. The molecule has 0 aromatic heterocycles. The molecule has 0 amide bonds. The molecule has 0 atom stereocenters. The van der Waals surface area contributed by atoms with Crippen LogP contribution in [-0.2, 0) is 0 Å². The van der Waals surface area contributed by atoms with E-state index in [-0.39, 0.29) is 5.82 Å².